The molecule has 0 aromatic rings. The second-order valence-corrected chi connectivity index (χ2v) is 11.0. The number of aliphatic carboxylic acids is 1. The third kappa shape index (κ3) is 10.0. The Labute approximate surface area is 229 Å². The number of hydrogen-bond donors (Lipinski definition) is 8. The molecular formula is C20H30N7O8PS2. The number of nitrogens with one attached hydrogen (secondary N) is 7. The number of rotatable bonds is 15. The molecule has 2 fully saturated rings. The lowest BCUT2D eigenvalue weighted by Gasteiger charge is -2.22. The zero-order chi connectivity index (χ0) is 28.2. The number of carbonyl (C=O) groups excluding carboxylic acids is 6. The Morgan fingerprint density at radius 2 is 1.76 bits per heavy atom. The van der Waals surface area contributed by atoms with Gasteiger partial charge in [-0.1, -0.05) is 11.8 Å². The van der Waals surface area contributed by atoms with Crippen molar-refractivity contribution in [3.05, 3.63) is 0 Å². The highest BCUT2D eigenvalue weighted by molar-refractivity contribution is 8.00. The Bertz CT molecular complexity index is 972. The van der Waals surface area contributed by atoms with Gasteiger partial charge in [-0.25, -0.2) is 4.79 Å². The first-order valence-electron chi connectivity index (χ1n) is 11.6. The second-order valence-electron chi connectivity index (χ2n) is 8.37. The number of urea groups is 1. The Morgan fingerprint density at radius 3 is 2.42 bits per heavy atom. The summed E-state index contributed by atoms with van der Waals surface area (Å²) in [5, 5.41) is 26.5. The Kier molecular flexibility index (Phi) is 12.6. The molecule has 0 radical (unpaired) electrons. The summed E-state index contributed by atoms with van der Waals surface area (Å²) >= 11 is 6.27. The molecule has 15 nitrogen and oxygen atoms in total. The van der Waals surface area contributed by atoms with Crippen molar-refractivity contribution in [2.45, 2.75) is 49.2 Å². The summed E-state index contributed by atoms with van der Waals surface area (Å²) in [5.74, 6) is -3.89. The third-order valence-corrected chi connectivity index (χ3v) is 7.74. The van der Waals surface area contributed by atoms with Crippen LogP contribution in [0.4, 0.5) is 4.79 Å². The van der Waals surface area contributed by atoms with E-state index in [-0.39, 0.29) is 42.5 Å². The minimum absolute atomic E-state index is 0.0461. The van der Waals surface area contributed by atoms with Crippen LogP contribution >= 0.6 is 19.1 Å². The van der Waals surface area contributed by atoms with Crippen LogP contribution in [-0.2, 0) is 40.6 Å². The van der Waals surface area contributed by atoms with Gasteiger partial charge >= 0.3 is 12.0 Å². The summed E-state index contributed by atoms with van der Waals surface area (Å²) in [6, 6.07) is -3.23. The van der Waals surface area contributed by atoms with E-state index < -0.39 is 67.1 Å². The molecule has 2 aliphatic heterocycles. The fourth-order valence-electron chi connectivity index (χ4n) is 3.74. The fourth-order valence-corrected chi connectivity index (χ4v) is 5.78. The van der Waals surface area contributed by atoms with Crippen LogP contribution in [-0.4, -0.2) is 108 Å². The maximum absolute atomic E-state index is 12.8. The van der Waals surface area contributed by atoms with Crippen molar-refractivity contribution in [2.24, 2.45) is 0 Å². The van der Waals surface area contributed by atoms with Gasteiger partial charge in [0.25, 0.3) is 0 Å². The molecule has 2 rings (SSSR count). The number of carboxylic acid groups (broad SMARTS) is 1. The zero-order valence-corrected chi connectivity index (χ0v) is 22.9. The molecule has 0 bridgehead atoms. The fraction of sp³-hybridized carbons (Fsp3) is 0.650. The van der Waals surface area contributed by atoms with Crippen molar-refractivity contribution < 1.29 is 38.7 Å². The molecule has 38 heavy (non-hydrogen) atoms. The smallest absolute Gasteiger partial charge is 0.315 e. The quantitative estimate of drug-likeness (QED) is 0.0702. The number of carboxylic acids is 1. The normalized spacial score (nSPS) is 21.2. The van der Waals surface area contributed by atoms with E-state index in [9.17, 15) is 33.6 Å². The van der Waals surface area contributed by atoms with Gasteiger partial charge in [0.1, 0.15) is 12.1 Å². The minimum atomic E-state index is -1.40. The summed E-state index contributed by atoms with van der Waals surface area (Å²) in [6.45, 7) is 1.03. The van der Waals surface area contributed by atoms with Gasteiger partial charge in [0, 0.05) is 30.5 Å². The van der Waals surface area contributed by atoms with Crippen molar-refractivity contribution in [2.75, 3.05) is 31.5 Å². The monoisotopic (exact) mass is 591 g/mol. The van der Waals surface area contributed by atoms with E-state index in [1.54, 1.807) is 18.7 Å². The summed E-state index contributed by atoms with van der Waals surface area (Å²) in [4.78, 5) is 84.2. The molecule has 0 saturated carbocycles. The SMILES string of the molecule is CCNC(=O)C(CC(=O)O)NC(=O)C(CNC(=O)CNC(=O)CC1SCC2NC(=O)NC21)NC(=O)CP=S. The Morgan fingerprint density at radius 1 is 1.03 bits per heavy atom. The first-order valence-corrected chi connectivity index (χ1v) is 14.8. The van der Waals surface area contributed by atoms with Gasteiger partial charge in [0.05, 0.1) is 31.2 Å². The number of likely N-dealkylation sites (N-methyl/N-ethyl adjacent to an activating group) is 1. The average molecular weight is 592 g/mol. The van der Waals surface area contributed by atoms with Crippen LogP contribution < -0.4 is 37.2 Å². The molecule has 210 valence electrons. The highest BCUT2D eigenvalue weighted by Crippen LogP contribution is 2.31. The van der Waals surface area contributed by atoms with E-state index in [4.69, 9.17) is 16.9 Å². The Hall–Kier alpha value is -3.04. The van der Waals surface area contributed by atoms with E-state index in [2.05, 4.69) is 37.2 Å². The standard InChI is InChI=1S/C20H30N7O8PS2/c1-2-21-18(33)9(3-16(31)32)25-19(34)10(24-15(30)7-36-37)5-22-14(29)6-23-13(28)4-12-17-11(8-38-12)26-20(35)27-17/h9-12,17H,2-8H2,1H3,(H,21,33)(H,22,29)(H,23,28)(H,24,30)(H,25,34)(H,31,32)(H2,26,27,35). The van der Waals surface area contributed by atoms with Crippen molar-refractivity contribution in [3.8, 4) is 0 Å². The lowest BCUT2D eigenvalue weighted by Crippen LogP contribution is -2.57. The van der Waals surface area contributed by atoms with Crippen LogP contribution in [0.2, 0.25) is 0 Å². The lowest BCUT2D eigenvalue weighted by molar-refractivity contribution is -0.141. The van der Waals surface area contributed by atoms with Crippen LogP contribution in [0.5, 0.6) is 0 Å². The van der Waals surface area contributed by atoms with Gasteiger partial charge in [0.2, 0.25) is 29.5 Å². The summed E-state index contributed by atoms with van der Waals surface area (Å²) < 4.78 is 0. The van der Waals surface area contributed by atoms with Crippen LogP contribution in [0.25, 0.3) is 0 Å². The maximum Gasteiger partial charge on any atom is 0.315 e. The van der Waals surface area contributed by atoms with Gasteiger partial charge in [-0.15, -0.1) is 0 Å². The van der Waals surface area contributed by atoms with Gasteiger partial charge in [-0.2, -0.15) is 11.8 Å². The van der Waals surface area contributed by atoms with Gasteiger partial charge in [-0.05, 0) is 14.3 Å². The van der Waals surface area contributed by atoms with E-state index >= 15 is 0 Å². The number of carbonyl (C=O) groups is 7. The first-order chi connectivity index (χ1) is 18.0. The van der Waals surface area contributed by atoms with Crippen LogP contribution in [0.15, 0.2) is 0 Å². The van der Waals surface area contributed by atoms with Crippen LogP contribution in [0, 0.1) is 0 Å². The lowest BCUT2D eigenvalue weighted by atomic mass is 10.1. The molecule has 0 aromatic heterocycles. The predicted octanol–water partition coefficient (Wildman–Crippen LogP) is -3.24. The third-order valence-electron chi connectivity index (χ3n) is 5.50. The molecule has 7 amide bonds. The highest BCUT2D eigenvalue weighted by Gasteiger charge is 2.43. The Balaban J connectivity index is 1.89. The molecule has 8 N–H and O–H groups in total. The van der Waals surface area contributed by atoms with E-state index in [1.807, 2.05) is 0 Å². The number of amides is 7. The maximum atomic E-state index is 12.8. The van der Waals surface area contributed by atoms with Gasteiger partial charge < -0.3 is 42.3 Å². The second kappa shape index (κ2) is 15.4. The molecule has 2 saturated heterocycles. The zero-order valence-electron chi connectivity index (χ0n) is 20.4. The first kappa shape index (κ1) is 31.2. The molecule has 0 spiro atoms. The van der Waals surface area contributed by atoms with Crippen molar-refractivity contribution in [1.29, 1.82) is 0 Å². The molecule has 5 unspecified atom stereocenters. The molecule has 5 atom stereocenters. The average Bonchev–Trinajstić information content (AvgIpc) is 3.39. The molecule has 0 aliphatic carbocycles. The van der Waals surface area contributed by atoms with E-state index in [0.29, 0.717) is 13.1 Å². The molecule has 2 heterocycles. The van der Waals surface area contributed by atoms with Crippen molar-refractivity contribution >= 4 is 72.5 Å². The van der Waals surface area contributed by atoms with Gasteiger partial charge in [-0.3, -0.25) is 28.8 Å². The topological polar surface area (TPSA) is 224 Å². The van der Waals surface area contributed by atoms with Crippen molar-refractivity contribution in [3.63, 3.8) is 0 Å². The largest absolute Gasteiger partial charge is 0.481 e. The summed E-state index contributed by atoms with van der Waals surface area (Å²) in [5.41, 5.74) is 0. The number of fused-ring (bicyclic) bond motifs is 1. The molecule has 0 aromatic carbocycles. The highest BCUT2D eigenvalue weighted by atomic mass is 32.4. The van der Waals surface area contributed by atoms with Crippen LogP contribution in [0.3, 0.4) is 0 Å². The van der Waals surface area contributed by atoms with Crippen molar-refractivity contribution in [1.82, 2.24) is 37.2 Å². The number of thioether (sulfide) groups is 1. The van der Waals surface area contributed by atoms with E-state index in [0.717, 1.165) is 0 Å². The molecule has 18 heteroatoms. The van der Waals surface area contributed by atoms with Gasteiger partial charge in [0.15, 0.2) is 0 Å². The van der Waals surface area contributed by atoms with Crippen LogP contribution in [0.1, 0.15) is 19.8 Å². The summed E-state index contributed by atoms with van der Waals surface area (Å²) in [7, 11) is 0.317. The minimum Gasteiger partial charge on any atom is -0.481 e. The number of hydrogen-bond acceptors (Lipinski definition) is 9. The molecule has 2 aliphatic rings. The summed E-state index contributed by atoms with van der Waals surface area (Å²) in [6.07, 6.45) is -0.704. The molecular weight excluding hydrogens is 561 g/mol. The predicted molar refractivity (Wildman–Crippen MR) is 140 cm³/mol. The van der Waals surface area contributed by atoms with E-state index in [1.165, 1.54) is 0 Å².